The molecule has 8 heteroatoms. The van der Waals surface area contributed by atoms with Crippen molar-refractivity contribution in [2.45, 2.75) is 37.8 Å². The van der Waals surface area contributed by atoms with Crippen LogP contribution in [-0.4, -0.2) is 32.0 Å². The molecule has 2 heterocycles. The Hall–Kier alpha value is -2.99. The summed E-state index contributed by atoms with van der Waals surface area (Å²) in [5.74, 6) is -0.228. The lowest BCUT2D eigenvalue weighted by Gasteiger charge is -2.27. The number of carbonyl (C=O) groups is 1. The maximum atomic E-state index is 12.6. The second-order valence-corrected chi connectivity index (χ2v) is 11.5. The van der Waals surface area contributed by atoms with E-state index in [9.17, 15) is 18.5 Å². The highest BCUT2D eigenvalue weighted by Gasteiger charge is 2.25. The summed E-state index contributed by atoms with van der Waals surface area (Å²) in [6.07, 6.45) is 2.04. The van der Waals surface area contributed by atoms with E-state index < -0.39 is 9.84 Å². The Kier molecular flexibility index (Phi) is 6.66. The van der Waals surface area contributed by atoms with Crippen LogP contribution in [0.5, 0.6) is 0 Å². The fourth-order valence-electron chi connectivity index (χ4n) is 4.04. The average molecular weight is 480 g/mol. The van der Waals surface area contributed by atoms with Crippen molar-refractivity contribution in [3.8, 4) is 6.07 Å². The number of rotatable bonds is 6. The number of fused-ring (bicyclic) bond motifs is 1. The van der Waals surface area contributed by atoms with E-state index in [4.69, 9.17) is 0 Å². The molecular formula is C25H25N3O3S2. The first kappa shape index (κ1) is 23.2. The zero-order valence-electron chi connectivity index (χ0n) is 18.6. The van der Waals surface area contributed by atoms with E-state index in [-0.39, 0.29) is 17.2 Å². The molecule has 1 aliphatic rings. The molecule has 1 aliphatic heterocycles. The van der Waals surface area contributed by atoms with Crippen molar-refractivity contribution >= 4 is 32.1 Å². The summed E-state index contributed by atoms with van der Waals surface area (Å²) in [5.41, 5.74) is 4.88. The summed E-state index contributed by atoms with van der Waals surface area (Å²) in [6.45, 7) is 4.60. The molecule has 0 atom stereocenters. The van der Waals surface area contributed by atoms with Gasteiger partial charge in [0, 0.05) is 30.8 Å². The van der Waals surface area contributed by atoms with Gasteiger partial charge in [0.15, 0.2) is 9.84 Å². The van der Waals surface area contributed by atoms with Gasteiger partial charge < -0.3 is 5.32 Å². The van der Waals surface area contributed by atoms with Gasteiger partial charge in [0.05, 0.1) is 16.9 Å². The Bertz CT molecular complexity index is 1340. The molecule has 0 saturated heterocycles. The maximum absolute atomic E-state index is 12.6. The molecule has 33 heavy (non-hydrogen) atoms. The van der Waals surface area contributed by atoms with Crippen LogP contribution < -0.4 is 5.32 Å². The normalized spacial score (nSPS) is 13.8. The predicted octanol–water partition coefficient (Wildman–Crippen LogP) is 4.07. The topological polar surface area (TPSA) is 90.3 Å². The molecular weight excluding hydrogens is 454 g/mol. The number of sulfone groups is 1. The van der Waals surface area contributed by atoms with Crippen LogP contribution in [0.4, 0.5) is 5.00 Å². The number of aryl methyl sites for hydroxylation is 1. The van der Waals surface area contributed by atoms with Gasteiger partial charge in [-0.2, -0.15) is 5.26 Å². The molecule has 6 nitrogen and oxygen atoms in total. The van der Waals surface area contributed by atoms with Crippen molar-refractivity contribution in [2.24, 2.45) is 0 Å². The van der Waals surface area contributed by atoms with E-state index in [2.05, 4.69) is 41.4 Å². The second-order valence-electron chi connectivity index (χ2n) is 8.35. The number of carbonyl (C=O) groups excluding carboxylic acids is 1. The van der Waals surface area contributed by atoms with E-state index in [1.165, 1.54) is 34.6 Å². The quantitative estimate of drug-likeness (QED) is 0.576. The minimum absolute atomic E-state index is 0.108. The smallest absolute Gasteiger partial charge is 0.229 e. The maximum Gasteiger partial charge on any atom is 0.229 e. The highest BCUT2D eigenvalue weighted by Crippen LogP contribution is 2.37. The largest absolute Gasteiger partial charge is 0.316 e. The van der Waals surface area contributed by atoms with Crippen molar-refractivity contribution in [2.75, 3.05) is 18.1 Å². The average Bonchev–Trinajstić information content (AvgIpc) is 3.11. The van der Waals surface area contributed by atoms with Gasteiger partial charge in [0.25, 0.3) is 0 Å². The molecule has 0 aliphatic carbocycles. The monoisotopic (exact) mass is 479 g/mol. The lowest BCUT2D eigenvalue weighted by Crippen LogP contribution is -2.29. The molecule has 0 spiro atoms. The van der Waals surface area contributed by atoms with E-state index >= 15 is 0 Å². The highest BCUT2D eigenvalue weighted by molar-refractivity contribution is 7.90. The van der Waals surface area contributed by atoms with Crippen LogP contribution in [0.3, 0.4) is 0 Å². The highest BCUT2D eigenvalue weighted by atomic mass is 32.2. The van der Waals surface area contributed by atoms with Gasteiger partial charge in [-0.25, -0.2) is 8.42 Å². The lowest BCUT2D eigenvalue weighted by molar-refractivity contribution is -0.115. The minimum Gasteiger partial charge on any atom is -0.316 e. The Morgan fingerprint density at radius 3 is 2.58 bits per heavy atom. The van der Waals surface area contributed by atoms with Crippen LogP contribution in [0.1, 0.15) is 32.7 Å². The number of benzene rings is 2. The van der Waals surface area contributed by atoms with Gasteiger partial charge >= 0.3 is 0 Å². The summed E-state index contributed by atoms with van der Waals surface area (Å²) in [6, 6.07) is 16.9. The molecule has 0 radical (unpaired) electrons. The van der Waals surface area contributed by atoms with E-state index in [0.717, 1.165) is 42.8 Å². The van der Waals surface area contributed by atoms with Crippen LogP contribution in [-0.2, 0) is 40.6 Å². The van der Waals surface area contributed by atoms with Crippen LogP contribution in [0.25, 0.3) is 0 Å². The van der Waals surface area contributed by atoms with E-state index in [1.54, 1.807) is 12.1 Å². The van der Waals surface area contributed by atoms with Crippen LogP contribution in [0, 0.1) is 18.3 Å². The van der Waals surface area contributed by atoms with Crippen molar-refractivity contribution in [3.63, 3.8) is 0 Å². The Morgan fingerprint density at radius 2 is 1.91 bits per heavy atom. The fraction of sp³-hybridized carbons (Fsp3) is 0.280. The zero-order valence-corrected chi connectivity index (χ0v) is 20.2. The van der Waals surface area contributed by atoms with Crippen molar-refractivity contribution in [1.29, 1.82) is 5.26 Å². The molecule has 0 bridgehead atoms. The summed E-state index contributed by atoms with van der Waals surface area (Å²) in [4.78, 5) is 16.4. The first-order valence-corrected chi connectivity index (χ1v) is 13.4. The summed E-state index contributed by atoms with van der Waals surface area (Å²) < 4.78 is 23.2. The van der Waals surface area contributed by atoms with Gasteiger partial charge in [-0.05, 0) is 47.7 Å². The SMILES string of the molecule is Cc1ccccc1CN1CCc2c(sc(NC(=O)Cc3ccc(S(C)(=O)=O)cc3)c2C#N)C1. The zero-order chi connectivity index (χ0) is 23.6. The molecule has 1 N–H and O–H groups in total. The number of nitrogens with one attached hydrogen (secondary N) is 1. The Balaban J connectivity index is 1.45. The molecule has 2 aromatic carbocycles. The molecule has 1 aromatic heterocycles. The van der Waals surface area contributed by atoms with Gasteiger partial charge in [0.1, 0.15) is 11.1 Å². The van der Waals surface area contributed by atoms with Gasteiger partial charge in [-0.1, -0.05) is 36.4 Å². The number of hydrogen-bond acceptors (Lipinski definition) is 6. The van der Waals surface area contributed by atoms with Gasteiger partial charge in [-0.3, -0.25) is 9.69 Å². The predicted molar refractivity (Wildman–Crippen MR) is 130 cm³/mol. The second kappa shape index (κ2) is 9.48. The van der Waals surface area contributed by atoms with E-state index in [1.807, 2.05) is 6.07 Å². The number of nitriles is 1. The summed E-state index contributed by atoms with van der Waals surface area (Å²) in [5, 5.41) is 13.2. The van der Waals surface area contributed by atoms with Crippen LogP contribution >= 0.6 is 11.3 Å². The third-order valence-electron chi connectivity index (χ3n) is 5.87. The fourth-order valence-corrected chi connectivity index (χ4v) is 5.92. The molecule has 0 fully saturated rings. The lowest BCUT2D eigenvalue weighted by atomic mass is 10.0. The molecule has 0 saturated carbocycles. The molecule has 170 valence electrons. The number of hydrogen-bond donors (Lipinski definition) is 1. The standard InChI is InChI=1S/C25H25N3O3S2/c1-17-5-3-4-6-19(17)15-28-12-11-21-22(14-26)25(32-23(21)16-28)27-24(29)13-18-7-9-20(10-8-18)33(2,30)31/h3-10H,11-13,15-16H2,1-2H3,(H,27,29). The van der Waals surface area contributed by atoms with Crippen LogP contribution in [0.2, 0.25) is 0 Å². The Morgan fingerprint density at radius 1 is 1.18 bits per heavy atom. The van der Waals surface area contributed by atoms with Crippen molar-refractivity contribution in [1.82, 2.24) is 4.90 Å². The number of thiophene rings is 1. The molecule has 0 unspecified atom stereocenters. The first-order valence-electron chi connectivity index (χ1n) is 10.6. The van der Waals surface area contributed by atoms with Crippen LogP contribution in [0.15, 0.2) is 53.4 Å². The van der Waals surface area contributed by atoms with E-state index in [0.29, 0.717) is 16.1 Å². The third kappa shape index (κ3) is 5.33. The summed E-state index contributed by atoms with van der Waals surface area (Å²) in [7, 11) is -3.27. The first-order chi connectivity index (χ1) is 15.7. The molecule has 4 rings (SSSR count). The number of amides is 1. The number of nitrogens with zero attached hydrogens (tertiary/aromatic N) is 2. The third-order valence-corrected chi connectivity index (χ3v) is 8.13. The van der Waals surface area contributed by atoms with Crippen molar-refractivity contribution in [3.05, 3.63) is 81.2 Å². The molecule has 1 amide bonds. The van der Waals surface area contributed by atoms with Gasteiger partial charge in [0.2, 0.25) is 5.91 Å². The molecule has 3 aromatic rings. The summed E-state index contributed by atoms with van der Waals surface area (Å²) >= 11 is 1.47. The number of anilines is 1. The minimum atomic E-state index is -3.27. The van der Waals surface area contributed by atoms with Gasteiger partial charge in [-0.15, -0.1) is 11.3 Å². The van der Waals surface area contributed by atoms with Crippen molar-refractivity contribution < 1.29 is 13.2 Å². The Labute approximate surface area is 198 Å².